The van der Waals surface area contributed by atoms with Crippen molar-refractivity contribution in [2.45, 2.75) is 89.8 Å². The van der Waals surface area contributed by atoms with Crippen molar-refractivity contribution < 1.29 is 25.2 Å². The van der Waals surface area contributed by atoms with Gasteiger partial charge in [0.15, 0.2) is 0 Å². The van der Waals surface area contributed by atoms with Gasteiger partial charge in [0.25, 0.3) is 0 Å². The molecule has 0 radical (unpaired) electrons. The number of aldehydes is 1. The maximum atomic E-state index is 12.9. The largest absolute Gasteiger partial charge is 0.396 e. The lowest BCUT2D eigenvalue weighted by atomic mass is 9.40. The van der Waals surface area contributed by atoms with Crippen LogP contribution in [0.5, 0.6) is 0 Å². The van der Waals surface area contributed by atoms with Gasteiger partial charge in [-0.2, -0.15) is 0 Å². The normalized spacial score (nSPS) is 35.0. The van der Waals surface area contributed by atoms with E-state index in [2.05, 4.69) is 49.3 Å². The SMILES string of the molecule is C=C(/C=C/C=C(/CO)[C@@H]1CC[C@]2([C@@H]1O)[C@H]1C3=C(C=O)CCC[C@@]3(C=C[C@@H]1CCO)C[C@]2(O)CCNC)CC/C=C(\C)CNCC. The van der Waals surface area contributed by atoms with Gasteiger partial charge >= 0.3 is 0 Å². The van der Waals surface area contributed by atoms with Crippen LogP contribution in [0, 0.1) is 28.6 Å². The first-order valence-corrected chi connectivity index (χ1v) is 17.2. The van der Waals surface area contributed by atoms with Crippen LogP contribution in [0.15, 0.2) is 70.9 Å². The van der Waals surface area contributed by atoms with E-state index < -0.39 is 22.5 Å². The third kappa shape index (κ3) is 6.95. The molecule has 4 rings (SSSR count). The summed E-state index contributed by atoms with van der Waals surface area (Å²) in [5.41, 5.74) is 2.46. The van der Waals surface area contributed by atoms with E-state index >= 15 is 0 Å². The van der Waals surface area contributed by atoms with E-state index in [0.29, 0.717) is 45.1 Å². The van der Waals surface area contributed by atoms with Gasteiger partial charge in [-0.1, -0.05) is 61.1 Å². The highest BCUT2D eigenvalue weighted by Gasteiger charge is 2.71. The molecule has 7 heteroatoms. The summed E-state index contributed by atoms with van der Waals surface area (Å²) in [5, 5.41) is 52.6. The zero-order valence-electron chi connectivity index (χ0n) is 27.9. The second-order valence-corrected chi connectivity index (χ2v) is 14.1. The Morgan fingerprint density at radius 1 is 1.24 bits per heavy atom. The van der Waals surface area contributed by atoms with Crippen LogP contribution in [0.1, 0.15) is 78.1 Å². The predicted molar refractivity (Wildman–Crippen MR) is 181 cm³/mol. The molecule has 7 nitrogen and oxygen atoms in total. The summed E-state index contributed by atoms with van der Waals surface area (Å²) in [7, 11) is 1.88. The number of carbonyl (C=O) groups excluding carboxylic acids is 1. The van der Waals surface area contributed by atoms with Crippen LogP contribution in [-0.2, 0) is 4.79 Å². The highest BCUT2D eigenvalue weighted by molar-refractivity contribution is 5.76. The number of rotatable bonds is 16. The summed E-state index contributed by atoms with van der Waals surface area (Å²) in [5.74, 6) is -0.686. The number of hydrogen-bond donors (Lipinski definition) is 6. The van der Waals surface area contributed by atoms with E-state index in [-0.39, 0.29) is 31.0 Å². The van der Waals surface area contributed by atoms with Gasteiger partial charge in [0.05, 0.1) is 18.3 Å². The third-order valence-electron chi connectivity index (χ3n) is 11.5. The van der Waals surface area contributed by atoms with Gasteiger partial charge in [-0.25, -0.2) is 0 Å². The van der Waals surface area contributed by atoms with Crippen molar-refractivity contribution in [2.24, 2.45) is 28.6 Å². The van der Waals surface area contributed by atoms with Crippen molar-refractivity contribution in [3.8, 4) is 0 Å². The zero-order chi connectivity index (χ0) is 32.7. The van der Waals surface area contributed by atoms with Crippen LogP contribution in [0.4, 0.5) is 0 Å². The standard InChI is InChI=1S/C38H58N2O5/c1-5-40-23-28(3)11-6-9-27(2)10-7-12-30(24-42)32-15-19-38(35(32)44)34-29(16-22-41)14-18-36(26-37(38,45)20-21-39-4)17-8-13-31(25-43)33(34)36/h7,10-12,14,18,25,29,32,34-35,39-42,44-45H,2,5-6,8-9,13,15-17,19-24,26H2,1,3-4H3/b10-7+,28-11+,30-12-/t29-,32+,34-,35-,36-,37-,38-/m1/s1. The predicted octanol–water partition coefficient (Wildman–Crippen LogP) is 4.71. The lowest BCUT2D eigenvalue weighted by Crippen LogP contribution is -2.67. The smallest absolute Gasteiger partial charge is 0.146 e. The Morgan fingerprint density at radius 2 is 2.04 bits per heavy atom. The molecule has 4 aliphatic carbocycles. The first-order chi connectivity index (χ1) is 21.7. The van der Waals surface area contributed by atoms with E-state index in [4.69, 9.17) is 0 Å². The van der Waals surface area contributed by atoms with Crippen LogP contribution in [0.25, 0.3) is 0 Å². The molecule has 6 N–H and O–H groups in total. The number of allylic oxidation sites excluding steroid dienone is 9. The van der Waals surface area contributed by atoms with E-state index in [1.807, 2.05) is 25.3 Å². The van der Waals surface area contributed by atoms with Crippen LogP contribution in [0.3, 0.4) is 0 Å². The second kappa shape index (κ2) is 15.6. The van der Waals surface area contributed by atoms with Gasteiger partial charge in [-0.05, 0) is 120 Å². The number of nitrogens with one attached hydrogen (secondary N) is 2. The number of fused-ring (bicyclic) bond motifs is 1. The number of aliphatic hydroxyl groups excluding tert-OH is 3. The van der Waals surface area contributed by atoms with E-state index in [1.165, 1.54) is 5.57 Å². The topological polar surface area (TPSA) is 122 Å². The molecule has 0 heterocycles. The lowest BCUT2D eigenvalue weighted by Gasteiger charge is -2.66. The Hall–Kier alpha value is -2.13. The summed E-state index contributed by atoms with van der Waals surface area (Å²) in [6.45, 7) is 10.7. The monoisotopic (exact) mass is 622 g/mol. The highest BCUT2D eigenvalue weighted by Crippen LogP contribution is 2.72. The highest BCUT2D eigenvalue weighted by atomic mass is 16.3. The summed E-state index contributed by atoms with van der Waals surface area (Å²) >= 11 is 0. The Kier molecular flexibility index (Phi) is 12.4. The van der Waals surface area contributed by atoms with Crippen LogP contribution >= 0.6 is 0 Å². The quantitative estimate of drug-likeness (QED) is 0.0838. The van der Waals surface area contributed by atoms with Crippen molar-refractivity contribution in [1.82, 2.24) is 10.6 Å². The Labute approximate surface area is 271 Å². The zero-order valence-corrected chi connectivity index (χ0v) is 27.9. The fourth-order valence-corrected chi connectivity index (χ4v) is 9.42. The molecule has 1 spiro atoms. The van der Waals surface area contributed by atoms with Crippen molar-refractivity contribution in [3.05, 3.63) is 70.9 Å². The van der Waals surface area contributed by atoms with Crippen LogP contribution in [-0.4, -0.2) is 78.3 Å². The number of carbonyl (C=O) groups is 1. The molecule has 2 bridgehead atoms. The second-order valence-electron chi connectivity index (χ2n) is 14.1. The average molecular weight is 623 g/mol. The van der Waals surface area contributed by atoms with Crippen LogP contribution < -0.4 is 10.6 Å². The van der Waals surface area contributed by atoms with Crippen molar-refractivity contribution in [2.75, 3.05) is 39.9 Å². The molecule has 0 aromatic heterocycles. The lowest BCUT2D eigenvalue weighted by molar-refractivity contribution is -0.207. The van der Waals surface area contributed by atoms with Crippen molar-refractivity contribution in [3.63, 3.8) is 0 Å². The first-order valence-electron chi connectivity index (χ1n) is 17.2. The number of hydrogen-bond acceptors (Lipinski definition) is 7. The third-order valence-corrected chi connectivity index (χ3v) is 11.5. The van der Waals surface area contributed by atoms with Gasteiger partial charge in [0.1, 0.15) is 6.29 Å². The average Bonchev–Trinajstić information content (AvgIpc) is 3.37. The van der Waals surface area contributed by atoms with E-state index in [1.54, 1.807) is 0 Å². The molecule has 4 aliphatic rings. The molecule has 7 atom stereocenters. The van der Waals surface area contributed by atoms with Gasteiger partial charge < -0.3 is 31.1 Å². The number of likely N-dealkylation sites (N-methyl/N-ethyl adjacent to an activating group) is 1. The van der Waals surface area contributed by atoms with Crippen molar-refractivity contribution in [1.29, 1.82) is 0 Å². The molecule has 2 saturated carbocycles. The van der Waals surface area contributed by atoms with Gasteiger partial charge in [0, 0.05) is 29.9 Å². The molecular formula is C38H58N2O5. The van der Waals surface area contributed by atoms with E-state index in [9.17, 15) is 25.2 Å². The Balaban J connectivity index is 1.67. The van der Waals surface area contributed by atoms with Gasteiger partial charge in [0.2, 0.25) is 0 Å². The number of aliphatic hydroxyl groups is 4. The maximum Gasteiger partial charge on any atom is 0.146 e. The molecule has 45 heavy (non-hydrogen) atoms. The maximum absolute atomic E-state index is 12.9. The minimum atomic E-state index is -1.19. The van der Waals surface area contributed by atoms with Gasteiger partial charge in [-0.15, -0.1) is 0 Å². The molecule has 250 valence electrons. The molecule has 0 aliphatic heterocycles. The molecule has 0 unspecified atom stereocenters. The molecule has 2 fully saturated rings. The molecular weight excluding hydrogens is 564 g/mol. The summed E-state index contributed by atoms with van der Waals surface area (Å²) < 4.78 is 0. The fourth-order valence-electron chi connectivity index (χ4n) is 9.42. The Bertz CT molecular complexity index is 1220. The summed E-state index contributed by atoms with van der Waals surface area (Å²) in [6.07, 6.45) is 19.4. The molecule has 0 amide bonds. The summed E-state index contributed by atoms with van der Waals surface area (Å²) in [6, 6.07) is 0. The molecule has 0 saturated heterocycles. The van der Waals surface area contributed by atoms with Gasteiger partial charge in [-0.3, -0.25) is 4.79 Å². The Morgan fingerprint density at radius 3 is 2.73 bits per heavy atom. The minimum Gasteiger partial charge on any atom is -0.396 e. The van der Waals surface area contributed by atoms with E-state index in [0.717, 1.165) is 67.4 Å². The molecule has 0 aromatic carbocycles. The van der Waals surface area contributed by atoms with Crippen LogP contribution in [0.2, 0.25) is 0 Å². The minimum absolute atomic E-state index is 0.00573. The first kappa shape index (κ1) is 35.7. The molecule has 0 aromatic rings. The van der Waals surface area contributed by atoms with Crippen molar-refractivity contribution >= 4 is 6.29 Å². The fraction of sp³-hybridized carbons (Fsp3) is 0.658. The summed E-state index contributed by atoms with van der Waals surface area (Å²) in [4.78, 5) is 12.5.